The molecule has 5 aromatic rings. The van der Waals surface area contributed by atoms with Gasteiger partial charge in [-0.05, 0) is 81.5 Å². The van der Waals surface area contributed by atoms with Crippen molar-refractivity contribution >= 4 is 38.4 Å². The van der Waals surface area contributed by atoms with Gasteiger partial charge < -0.3 is 14.2 Å². The average molecular weight is 592 g/mol. The summed E-state index contributed by atoms with van der Waals surface area (Å²) >= 11 is 6.29. The van der Waals surface area contributed by atoms with E-state index in [4.69, 9.17) is 20.9 Å². The van der Waals surface area contributed by atoms with E-state index in [0.717, 1.165) is 33.4 Å². The largest absolute Gasteiger partial charge is 0.494 e. The van der Waals surface area contributed by atoms with Gasteiger partial charge >= 0.3 is 0 Å². The van der Waals surface area contributed by atoms with E-state index in [-0.39, 0.29) is 10.6 Å². The lowest BCUT2D eigenvalue weighted by molar-refractivity contribution is 0.0976. The lowest BCUT2D eigenvalue weighted by atomic mass is 9.99. The molecule has 0 aliphatic rings. The molecule has 0 aliphatic heterocycles. The van der Waals surface area contributed by atoms with E-state index >= 15 is 0 Å². The summed E-state index contributed by atoms with van der Waals surface area (Å²) in [7, 11) is -4.08. The van der Waals surface area contributed by atoms with Crippen molar-refractivity contribution in [2.75, 3.05) is 6.61 Å². The van der Waals surface area contributed by atoms with Gasteiger partial charge in [-0.2, -0.15) is 0 Å². The van der Waals surface area contributed by atoms with Crippen molar-refractivity contribution in [3.05, 3.63) is 99.5 Å². The molecule has 0 bridgehead atoms. The molecular weight excluding hydrogens is 562 g/mol. The number of sulfonamides is 1. The van der Waals surface area contributed by atoms with Crippen LogP contribution in [0.25, 0.3) is 22.0 Å². The number of H-pyrrole nitrogens is 1. The smallest absolute Gasteiger partial charge is 0.281 e. The Hall–Kier alpha value is -4.08. The van der Waals surface area contributed by atoms with Crippen LogP contribution in [0, 0.1) is 27.7 Å². The molecule has 2 heterocycles. The maximum Gasteiger partial charge on any atom is 0.281 e. The molecule has 0 unspecified atom stereocenters. The first-order valence-electron chi connectivity index (χ1n) is 13.2. The number of amides is 1. The van der Waals surface area contributed by atoms with Gasteiger partial charge in [-0.1, -0.05) is 53.2 Å². The van der Waals surface area contributed by atoms with Crippen LogP contribution in [0.2, 0.25) is 5.02 Å². The number of para-hydroxylation sites is 1. The molecule has 1 amide bonds. The first kappa shape index (κ1) is 28.4. The third-order valence-corrected chi connectivity index (χ3v) is 8.94. The molecule has 0 radical (unpaired) electrons. The number of fused-ring (bicyclic) bond motifs is 1. The Morgan fingerprint density at radius 1 is 1.02 bits per heavy atom. The Kier molecular flexibility index (Phi) is 7.93. The molecule has 8 nitrogen and oxygen atoms in total. The van der Waals surface area contributed by atoms with E-state index in [0.29, 0.717) is 47.0 Å². The number of nitrogens with zero attached hydrogens (tertiary/aromatic N) is 1. The van der Waals surface area contributed by atoms with Gasteiger partial charge in [0.2, 0.25) is 0 Å². The van der Waals surface area contributed by atoms with Crippen LogP contribution in [0.3, 0.4) is 0 Å². The maximum absolute atomic E-state index is 13.5. The number of aryl methyl sites for hydroxylation is 5. The summed E-state index contributed by atoms with van der Waals surface area (Å²) in [6, 6.07) is 17.3. The summed E-state index contributed by atoms with van der Waals surface area (Å²) in [6.45, 7) is 7.93. The van der Waals surface area contributed by atoms with Crippen molar-refractivity contribution in [3.8, 4) is 16.9 Å². The number of halogens is 1. The average Bonchev–Trinajstić information content (AvgIpc) is 3.49. The third-order valence-electron chi connectivity index (χ3n) is 7.00. The van der Waals surface area contributed by atoms with E-state index in [2.05, 4.69) is 14.9 Å². The third kappa shape index (κ3) is 5.73. The summed E-state index contributed by atoms with van der Waals surface area (Å²) in [5.74, 6) is 0.622. The van der Waals surface area contributed by atoms with Gasteiger partial charge in [0.25, 0.3) is 15.9 Å². The predicted octanol–water partition coefficient (Wildman–Crippen LogP) is 6.84. The first-order valence-corrected chi connectivity index (χ1v) is 15.0. The number of ether oxygens (including phenoxy) is 1. The van der Waals surface area contributed by atoms with E-state index in [9.17, 15) is 13.2 Å². The van der Waals surface area contributed by atoms with Crippen molar-refractivity contribution in [2.24, 2.45) is 0 Å². The van der Waals surface area contributed by atoms with Crippen LogP contribution in [0.15, 0.2) is 70.1 Å². The van der Waals surface area contributed by atoms with Gasteiger partial charge in [0.1, 0.15) is 17.2 Å². The Labute approximate surface area is 243 Å². The van der Waals surface area contributed by atoms with Crippen molar-refractivity contribution in [1.29, 1.82) is 0 Å². The Morgan fingerprint density at radius 3 is 2.39 bits per heavy atom. The minimum absolute atomic E-state index is 0.00405. The zero-order valence-corrected chi connectivity index (χ0v) is 24.7. The van der Waals surface area contributed by atoms with Gasteiger partial charge in [-0.25, -0.2) is 13.1 Å². The second kappa shape index (κ2) is 11.4. The van der Waals surface area contributed by atoms with E-state index in [1.807, 2.05) is 58.0 Å². The normalized spacial score (nSPS) is 11.6. The van der Waals surface area contributed by atoms with Crippen LogP contribution < -0.4 is 9.46 Å². The van der Waals surface area contributed by atoms with Crippen LogP contribution >= 0.6 is 11.6 Å². The maximum atomic E-state index is 13.5. The molecular formula is C31H30ClN3O5S. The van der Waals surface area contributed by atoms with Crippen molar-refractivity contribution < 1.29 is 22.5 Å². The molecule has 212 valence electrons. The number of carbonyl (C=O) groups excluding carboxylic acids is 1. The summed E-state index contributed by atoms with van der Waals surface area (Å²) in [4.78, 5) is 16.8. The van der Waals surface area contributed by atoms with Gasteiger partial charge in [0.05, 0.1) is 22.7 Å². The Morgan fingerprint density at radius 2 is 1.73 bits per heavy atom. The number of rotatable bonds is 9. The second-order valence-electron chi connectivity index (χ2n) is 9.98. The van der Waals surface area contributed by atoms with E-state index in [1.54, 1.807) is 18.2 Å². The zero-order chi connectivity index (χ0) is 29.3. The van der Waals surface area contributed by atoms with E-state index in [1.165, 1.54) is 12.1 Å². The lowest BCUT2D eigenvalue weighted by Crippen LogP contribution is -2.31. The summed E-state index contributed by atoms with van der Waals surface area (Å²) in [5, 5.41) is 5.60. The number of aromatic nitrogens is 2. The second-order valence-corrected chi connectivity index (χ2v) is 12.0. The highest BCUT2D eigenvalue weighted by atomic mass is 35.5. The van der Waals surface area contributed by atoms with Crippen LogP contribution in [-0.4, -0.2) is 31.1 Å². The van der Waals surface area contributed by atoms with Crippen LogP contribution in [0.1, 0.15) is 45.1 Å². The lowest BCUT2D eigenvalue weighted by Gasteiger charge is -2.11. The fraction of sp³-hybridized carbons (Fsp3) is 0.226. The molecule has 10 heteroatoms. The highest BCUT2D eigenvalue weighted by molar-refractivity contribution is 7.90. The quantitative estimate of drug-likeness (QED) is 0.181. The van der Waals surface area contributed by atoms with E-state index < -0.39 is 15.9 Å². The molecule has 3 aromatic carbocycles. The highest BCUT2D eigenvalue weighted by Gasteiger charge is 2.25. The number of benzene rings is 3. The molecule has 2 N–H and O–H groups in total. The number of carbonyl (C=O) groups is 1. The predicted molar refractivity (Wildman–Crippen MR) is 159 cm³/mol. The first-order chi connectivity index (χ1) is 19.6. The molecule has 41 heavy (non-hydrogen) atoms. The minimum atomic E-state index is -4.08. The van der Waals surface area contributed by atoms with Gasteiger partial charge in [-0.15, -0.1) is 0 Å². The standard InChI is InChI=1S/C31H30ClN3O5S/c1-18-16-22(17-19(2)28(18)32)39-15-9-14-25-24-12-8-13-26(27-20(3)34-40-21(27)4)29(24)33-30(25)31(36)35-41(37,38)23-10-6-5-7-11-23/h5-8,10-13,16-17,33H,9,14-15H2,1-4H3,(H,35,36). The highest BCUT2D eigenvalue weighted by Crippen LogP contribution is 2.36. The molecule has 0 saturated carbocycles. The van der Waals surface area contributed by atoms with Gasteiger partial charge in [0.15, 0.2) is 0 Å². The summed E-state index contributed by atoms with van der Waals surface area (Å²) in [6.07, 6.45) is 1.04. The van der Waals surface area contributed by atoms with Crippen molar-refractivity contribution in [1.82, 2.24) is 14.9 Å². The molecule has 0 saturated heterocycles. The minimum Gasteiger partial charge on any atom is -0.494 e. The molecule has 2 aromatic heterocycles. The van der Waals surface area contributed by atoms with Crippen LogP contribution in [0.4, 0.5) is 0 Å². The van der Waals surface area contributed by atoms with Crippen LogP contribution in [-0.2, 0) is 16.4 Å². The van der Waals surface area contributed by atoms with Crippen LogP contribution in [0.5, 0.6) is 5.75 Å². The fourth-order valence-corrected chi connectivity index (χ4v) is 6.15. The molecule has 0 fully saturated rings. The number of aromatic amines is 1. The topological polar surface area (TPSA) is 114 Å². The molecule has 0 spiro atoms. The van der Waals surface area contributed by atoms with Gasteiger partial charge in [-0.3, -0.25) is 4.79 Å². The Balaban J connectivity index is 1.49. The number of hydrogen-bond donors (Lipinski definition) is 2. The number of hydrogen-bond acceptors (Lipinski definition) is 6. The fourth-order valence-electron chi connectivity index (χ4n) is 5.06. The van der Waals surface area contributed by atoms with Crippen molar-refractivity contribution in [3.63, 3.8) is 0 Å². The monoisotopic (exact) mass is 591 g/mol. The Bertz CT molecular complexity index is 1820. The number of nitrogens with one attached hydrogen (secondary N) is 2. The summed E-state index contributed by atoms with van der Waals surface area (Å²) in [5.41, 5.74) is 5.79. The molecule has 0 aliphatic carbocycles. The van der Waals surface area contributed by atoms with Crippen molar-refractivity contribution in [2.45, 2.75) is 45.4 Å². The molecule has 5 rings (SSSR count). The van der Waals surface area contributed by atoms with Gasteiger partial charge in [0, 0.05) is 21.5 Å². The zero-order valence-electron chi connectivity index (χ0n) is 23.2. The summed E-state index contributed by atoms with van der Waals surface area (Å²) < 4.78 is 39.6. The molecule has 0 atom stereocenters. The SMILES string of the molecule is Cc1cc(OCCCc2c(C(=O)NS(=O)(=O)c3ccccc3)[nH]c3c(-c4c(C)noc4C)cccc23)cc(C)c1Cl.